The molecule has 0 fully saturated rings. The van der Waals surface area contributed by atoms with Crippen molar-refractivity contribution in [2.24, 2.45) is 0 Å². The second kappa shape index (κ2) is 10.1. The van der Waals surface area contributed by atoms with Crippen molar-refractivity contribution in [2.75, 3.05) is 6.61 Å². The zero-order chi connectivity index (χ0) is 12.3. The third-order valence-corrected chi connectivity index (χ3v) is 3.34. The van der Waals surface area contributed by atoms with Crippen LogP contribution >= 0.6 is 0 Å². The first-order valence-corrected chi connectivity index (χ1v) is 7.26. The van der Waals surface area contributed by atoms with Crippen LogP contribution in [0.3, 0.4) is 0 Å². The summed E-state index contributed by atoms with van der Waals surface area (Å²) < 4.78 is 5.82. The minimum atomic E-state index is 0.0845. The van der Waals surface area contributed by atoms with Crippen LogP contribution in [0.4, 0.5) is 0 Å². The van der Waals surface area contributed by atoms with Gasteiger partial charge in [-0.2, -0.15) is 0 Å². The lowest BCUT2D eigenvalue weighted by atomic mass is 10.1. The van der Waals surface area contributed by atoms with Gasteiger partial charge >= 0.3 is 0 Å². The van der Waals surface area contributed by atoms with Gasteiger partial charge in [0.2, 0.25) is 0 Å². The molecule has 0 aromatic carbocycles. The van der Waals surface area contributed by atoms with E-state index in [1.807, 2.05) is 0 Å². The minimum Gasteiger partial charge on any atom is -0.376 e. The molecule has 98 valence electrons. The maximum atomic E-state index is 5.82. The van der Waals surface area contributed by atoms with Crippen LogP contribution in [0.1, 0.15) is 85.5 Å². The third-order valence-electron chi connectivity index (χ3n) is 3.34. The topological polar surface area (TPSA) is 9.23 Å². The first-order valence-electron chi connectivity index (χ1n) is 7.26. The number of hydrogen-bond acceptors (Lipinski definition) is 1. The zero-order valence-corrected chi connectivity index (χ0v) is 12.0. The van der Waals surface area contributed by atoms with E-state index >= 15 is 0 Å². The van der Waals surface area contributed by atoms with Gasteiger partial charge in [0.1, 0.15) is 0 Å². The lowest BCUT2D eigenvalue weighted by Gasteiger charge is -2.23. The van der Waals surface area contributed by atoms with Crippen LogP contribution in [-0.2, 0) is 4.74 Å². The molecule has 0 aliphatic rings. The molecule has 0 amide bonds. The monoisotopic (exact) mass is 228 g/mol. The Hall–Kier alpha value is -0.0400. The molecule has 0 saturated carbocycles. The summed E-state index contributed by atoms with van der Waals surface area (Å²) in [7, 11) is 0. The van der Waals surface area contributed by atoms with Gasteiger partial charge in [-0.1, -0.05) is 58.8 Å². The van der Waals surface area contributed by atoms with Crippen molar-refractivity contribution in [3.05, 3.63) is 0 Å². The molecule has 1 heteroatoms. The van der Waals surface area contributed by atoms with Crippen LogP contribution in [0.15, 0.2) is 0 Å². The lowest BCUT2D eigenvalue weighted by Crippen LogP contribution is -2.23. The molecule has 0 spiro atoms. The number of hydrogen-bond donors (Lipinski definition) is 0. The summed E-state index contributed by atoms with van der Waals surface area (Å²) in [6.45, 7) is 9.76. The van der Waals surface area contributed by atoms with Crippen LogP contribution < -0.4 is 0 Å². The molecular weight excluding hydrogens is 196 g/mol. The zero-order valence-electron chi connectivity index (χ0n) is 12.0. The van der Waals surface area contributed by atoms with Gasteiger partial charge in [0.25, 0.3) is 0 Å². The van der Waals surface area contributed by atoms with Gasteiger partial charge in [0.15, 0.2) is 0 Å². The lowest BCUT2D eigenvalue weighted by molar-refractivity contribution is -0.0216. The van der Waals surface area contributed by atoms with Gasteiger partial charge in [0, 0.05) is 6.61 Å². The van der Waals surface area contributed by atoms with Gasteiger partial charge in [-0.05, 0) is 26.7 Å². The highest BCUT2D eigenvalue weighted by Crippen LogP contribution is 2.15. The maximum Gasteiger partial charge on any atom is 0.0623 e. The molecule has 0 aromatic heterocycles. The fourth-order valence-corrected chi connectivity index (χ4v) is 1.69. The Bertz CT molecular complexity index is 140. The number of ether oxygens (including phenoxy) is 1. The average molecular weight is 228 g/mol. The summed E-state index contributed by atoms with van der Waals surface area (Å²) in [4.78, 5) is 0. The van der Waals surface area contributed by atoms with E-state index < -0.39 is 0 Å². The molecule has 0 atom stereocenters. The summed E-state index contributed by atoms with van der Waals surface area (Å²) in [6, 6.07) is 0. The third kappa shape index (κ3) is 10.5. The molecule has 0 rings (SSSR count). The van der Waals surface area contributed by atoms with Crippen molar-refractivity contribution in [1.82, 2.24) is 0 Å². The Morgan fingerprint density at radius 3 is 1.75 bits per heavy atom. The fourth-order valence-electron chi connectivity index (χ4n) is 1.69. The first-order chi connectivity index (χ1) is 7.62. The molecule has 0 unspecified atom stereocenters. The predicted molar refractivity (Wildman–Crippen MR) is 72.9 cm³/mol. The second-order valence-corrected chi connectivity index (χ2v) is 5.44. The molecule has 16 heavy (non-hydrogen) atoms. The van der Waals surface area contributed by atoms with Crippen LogP contribution in [0.5, 0.6) is 0 Å². The molecule has 1 nitrogen and oxygen atoms in total. The molecule has 0 N–H and O–H groups in total. The first kappa shape index (κ1) is 16.0. The Labute approximate surface area is 103 Å². The smallest absolute Gasteiger partial charge is 0.0623 e. The Balaban J connectivity index is 3.10. The summed E-state index contributed by atoms with van der Waals surface area (Å²) in [5.74, 6) is 0. The normalized spacial score (nSPS) is 12.0. The van der Waals surface area contributed by atoms with Gasteiger partial charge in [-0.3, -0.25) is 0 Å². The standard InChI is InChI=1S/C15H32O/c1-5-7-8-9-10-11-12-13-14-16-15(3,4)6-2/h5-14H2,1-4H3. The molecule has 0 radical (unpaired) electrons. The molecule has 0 saturated heterocycles. The van der Waals surface area contributed by atoms with Crippen LogP contribution in [0.2, 0.25) is 0 Å². The van der Waals surface area contributed by atoms with Gasteiger partial charge in [0.05, 0.1) is 5.60 Å². The largest absolute Gasteiger partial charge is 0.376 e. The van der Waals surface area contributed by atoms with Crippen molar-refractivity contribution in [3.8, 4) is 0 Å². The Kier molecular flexibility index (Phi) is 10.1. The van der Waals surface area contributed by atoms with Crippen molar-refractivity contribution in [1.29, 1.82) is 0 Å². The van der Waals surface area contributed by atoms with Crippen molar-refractivity contribution >= 4 is 0 Å². The maximum absolute atomic E-state index is 5.82. The van der Waals surface area contributed by atoms with E-state index in [1.165, 1.54) is 51.4 Å². The predicted octanol–water partition coefficient (Wildman–Crippen LogP) is 5.33. The van der Waals surface area contributed by atoms with E-state index in [2.05, 4.69) is 27.7 Å². The van der Waals surface area contributed by atoms with E-state index in [0.717, 1.165) is 13.0 Å². The van der Waals surface area contributed by atoms with Gasteiger partial charge in [-0.25, -0.2) is 0 Å². The van der Waals surface area contributed by atoms with Crippen molar-refractivity contribution in [2.45, 2.75) is 91.1 Å². The van der Waals surface area contributed by atoms with E-state index in [1.54, 1.807) is 0 Å². The van der Waals surface area contributed by atoms with E-state index in [-0.39, 0.29) is 5.60 Å². The van der Waals surface area contributed by atoms with Crippen LogP contribution in [-0.4, -0.2) is 12.2 Å². The van der Waals surface area contributed by atoms with Gasteiger partial charge in [-0.15, -0.1) is 0 Å². The molecule has 0 aliphatic carbocycles. The van der Waals surface area contributed by atoms with E-state index in [4.69, 9.17) is 4.74 Å². The van der Waals surface area contributed by atoms with Crippen molar-refractivity contribution < 1.29 is 4.74 Å². The SMILES string of the molecule is CCCCCCCCCCOC(C)(C)CC. The van der Waals surface area contributed by atoms with Crippen LogP contribution in [0.25, 0.3) is 0 Å². The number of unbranched alkanes of at least 4 members (excludes halogenated alkanes) is 7. The fraction of sp³-hybridized carbons (Fsp3) is 1.00. The molecule has 0 aliphatic heterocycles. The highest BCUT2D eigenvalue weighted by molar-refractivity contribution is 4.64. The highest BCUT2D eigenvalue weighted by Gasteiger charge is 2.13. The number of rotatable bonds is 11. The van der Waals surface area contributed by atoms with Crippen LogP contribution in [0, 0.1) is 0 Å². The molecule has 0 heterocycles. The minimum absolute atomic E-state index is 0.0845. The summed E-state index contributed by atoms with van der Waals surface area (Å²) in [5.41, 5.74) is 0.0845. The summed E-state index contributed by atoms with van der Waals surface area (Å²) in [6.07, 6.45) is 12.1. The molecule has 0 aromatic rings. The summed E-state index contributed by atoms with van der Waals surface area (Å²) in [5, 5.41) is 0. The summed E-state index contributed by atoms with van der Waals surface area (Å²) >= 11 is 0. The van der Waals surface area contributed by atoms with E-state index in [0.29, 0.717) is 0 Å². The second-order valence-electron chi connectivity index (χ2n) is 5.44. The highest BCUT2D eigenvalue weighted by atomic mass is 16.5. The molecule has 0 bridgehead atoms. The average Bonchev–Trinajstić information content (AvgIpc) is 2.27. The Morgan fingerprint density at radius 1 is 0.750 bits per heavy atom. The quantitative estimate of drug-likeness (QED) is 0.434. The van der Waals surface area contributed by atoms with Crippen molar-refractivity contribution in [3.63, 3.8) is 0 Å². The molecular formula is C15H32O. The Morgan fingerprint density at radius 2 is 1.25 bits per heavy atom. The van der Waals surface area contributed by atoms with E-state index in [9.17, 15) is 0 Å². The van der Waals surface area contributed by atoms with Gasteiger partial charge < -0.3 is 4.74 Å².